The van der Waals surface area contributed by atoms with E-state index in [-0.39, 0.29) is 11.2 Å². The van der Waals surface area contributed by atoms with Crippen LogP contribution in [0.1, 0.15) is 19.3 Å². The highest BCUT2D eigenvalue weighted by atomic mass is 19.1. The van der Waals surface area contributed by atoms with Gasteiger partial charge in [0.25, 0.3) is 0 Å². The Morgan fingerprint density at radius 1 is 1.31 bits per heavy atom. The van der Waals surface area contributed by atoms with E-state index in [4.69, 9.17) is 10.5 Å². The van der Waals surface area contributed by atoms with E-state index in [1.165, 1.54) is 12.1 Å². The fourth-order valence-electron chi connectivity index (χ4n) is 1.77. The van der Waals surface area contributed by atoms with Crippen LogP contribution in [-0.2, 0) is 0 Å². The SMILES string of the molecule is NCCC1(COc2ccc(F)cc2F)CC1. The number of benzene rings is 1. The lowest BCUT2D eigenvalue weighted by molar-refractivity contribution is 0.218. The molecule has 16 heavy (non-hydrogen) atoms. The van der Waals surface area contributed by atoms with Gasteiger partial charge in [0.05, 0.1) is 6.61 Å². The zero-order chi connectivity index (χ0) is 11.6. The Kier molecular flexibility index (Phi) is 3.10. The number of nitrogens with two attached hydrogens (primary N) is 1. The minimum Gasteiger partial charge on any atom is -0.490 e. The standard InChI is InChI=1S/C12H15F2NO/c13-9-1-2-11(10(14)7-9)16-8-12(3-4-12)5-6-15/h1-2,7H,3-6,8,15H2. The van der Waals surface area contributed by atoms with Gasteiger partial charge in [-0.3, -0.25) is 0 Å². The molecular weight excluding hydrogens is 212 g/mol. The molecule has 1 fully saturated rings. The second-order valence-corrected chi connectivity index (χ2v) is 4.40. The van der Waals surface area contributed by atoms with E-state index in [0.717, 1.165) is 25.3 Å². The van der Waals surface area contributed by atoms with Crippen molar-refractivity contribution in [2.24, 2.45) is 11.1 Å². The summed E-state index contributed by atoms with van der Waals surface area (Å²) in [4.78, 5) is 0. The predicted molar refractivity (Wildman–Crippen MR) is 57.2 cm³/mol. The lowest BCUT2D eigenvalue weighted by atomic mass is 10.0. The van der Waals surface area contributed by atoms with Crippen molar-refractivity contribution in [1.82, 2.24) is 0 Å². The van der Waals surface area contributed by atoms with Gasteiger partial charge >= 0.3 is 0 Å². The first kappa shape index (κ1) is 11.3. The van der Waals surface area contributed by atoms with Crippen LogP contribution < -0.4 is 10.5 Å². The Morgan fingerprint density at radius 3 is 2.62 bits per heavy atom. The van der Waals surface area contributed by atoms with Crippen LogP contribution >= 0.6 is 0 Å². The van der Waals surface area contributed by atoms with Crippen molar-refractivity contribution < 1.29 is 13.5 Å². The molecule has 0 radical (unpaired) electrons. The van der Waals surface area contributed by atoms with E-state index < -0.39 is 11.6 Å². The summed E-state index contributed by atoms with van der Waals surface area (Å²) in [5, 5.41) is 0. The molecule has 4 heteroatoms. The van der Waals surface area contributed by atoms with E-state index in [9.17, 15) is 8.78 Å². The van der Waals surface area contributed by atoms with Crippen LogP contribution in [0.25, 0.3) is 0 Å². The molecule has 1 aromatic carbocycles. The molecule has 0 amide bonds. The zero-order valence-corrected chi connectivity index (χ0v) is 9.01. The van der Waals surface area contributed by atoms with Crippen molar-refractivity contribution in [2.45, 2.75) is 19.3 Å². The molecule has 0 bridgehead atoms. The molecule has 1 aliphatic rings. The number of ether oxygens (including phenoxy) is 1. The van der Waals surface area contributed by atoms with Crippen molar-refractivity contribution in [1.29, 1.82) is 0 Å². The molecule has 2 rings (SSSR count). The van der Waals surface area contributed by atoms with Gasteiger partial charge in [-0.15, -0.1) is 0 Å². The van der Waals surface area contributed by atoms with Crippen molar-refractivity contribution in [3.63, 3.8) is 0 Å². The van der Waals surface area contributed by atoms with Gasteiger partial charge in [-0.2, -0.15) is 0 Å². The fraction of sp³-hybridized carbons (Fsp3) is 0.500. The van der Waals surface area contributed by atoms with Gasteiger partial charge in [0.2, 0.25) is 0 Å². The molecule has 1 aliphatic carbocycles. The molecule has 2 N–H and O–H groups in total. The Balaban J connectivity index is 1.94. The van der Waals surface area contributed by atoms with E-state index in [0.29, 0.717) is 13.2 Å². The molecule has 2 nitrogen and oxygen atoms in total. The van der Waals surface area contributed by atoms with Crippen molar-refractivity contribution in [2.75, 3.05) is 13.2 Å². The average Bonchev–Trinajstić information content (AvgIpc) is 2.98. The first-order valence-electron chi connectivity index (χ1n) is 5.43. The summed E-state index contributed by atoms with van der Waals surface area (Å²) >= 11 is 0. The third-order valence-corrected chi connectivity index (χ3v) is 3.06. The molecule has 0 saturated heterocycles. The summed E-state index contributed by atoms with van der Waals surface area (Å²) in [6, 6.07) is 3.35. The maximum atomic E-state index is 13.2. The summed E-state index contributed by atoms with van der Waals surface area (Å²) in [5.41, 5.74) is 5.63. The number of rotatable bonds is 5. The van der Waals surface area contributed by atoms with E-state index in [1.807, 2.05) is 0 Å². The monoisotopic (exact) mass is 227 g/mol. The van der Waals surface area contributed by atoms with Gasteiger partial charge in [-0.05, 0) is 37.9 Å². The Hall–Kier alpha value is -1.16. The van der Waals surface area contributed by atoms with Gasteiger partial charge in [0.15, 0.2) is 11.6 Å². The minimum atomic E-state index is -0.649. The molecular formula is C12H15F2NO. The highest BCUT2D eigenvalue weighted by Crippen LogP contribution is 2.48. The van der Waals surface area contributed by atoms with E-state index in [2.05, 4.69) is 0 Å². The molecule has 88 valence electrons. The van der Waals surface area contributed by atoms with Gasteiger partial charge in [0.1, 0.15) is 5.82 Å². The van der Waals surface area contributed by atoms with Crippen LogP contribution in [0, 0.1) is 17.0 Å². The van der Waals surface area contributed by atoms with Crippen molar-refractivity contribution >= 4 is 0 Å². The van der Waals surface area contributed by atoms with Crippen LogP contribution in [0.3, 0.4) is 0 Å². The van der Waals surface area contributed by atoms with Crippen LogP contribution in [0.15, 0.2) is 18.2 Å². The average molecular weight is 227 g/mol. The van der Waals surface area contributed by atoms with Crippen LogP contribution in [0.5, 0.6) is 5.75 Å². The maximum absolute atomic E-state index is 13.2. The predicted octanol–water partition coefficient (Wildman–Crippen LogP) is 2.47. The van der Waals surface area contributed by atoms with Crippen molar-refractivity contribution in [3.05, 3.63) is 29.8 Å². The first-order valence-corrected chi connectivity index (χ1v) is 5.43. The number of hydrogen-bond donors (Lipinski definition) is 1. The van der Waals surface area contributed by atoms with E-state index in [1.54, 1.807) is 0 Å². The molecule has 1 saturated carbocycles. The molecule has 0 aromatic heterocycles. The third-order valence-electron chi connectivity index (χ3n) is 3.06. The van der Waals surface area contributed by atoms with Gasteiger partial charge in [-0.1, -0.05) is 0 Å². The smallest absolute Gasteiger partial charge is 0.167 e. The summed E-state index contributed by atoms with van der Waals surface area (Å²) < 4.78 is 31.3. The molecule has 0 atom stereocenters. The summed E-state index contributed by atoms with van der Waals surface area (Å²) in [6.45, 7) is 1.09. The topological polar surface area (TPSA) is 35.2 Å². The Labute approximate surface area is 93.4 Å². The normalized spacial score (nSPS) is 17.2. The lowest BCUT2D eigenvalue weighted by Gasteiger charge is -2.15. The Morgan fingerprint density at radius 2 is 2.06 bits per heavy atom. The van der Waals surface area contributed by atoms with Crippen LogP contribution in [0.2, 0.25) is 0 Å². The van der Waals surface area contributed by atoms with E-state index >= 15 is 0 Å². The van der Waals surface area contributed by atoms with Gasteiger partial charge in [-0.25, -0.2) is 8.78 Å². The number of halogens is 2. The highest BCUT2D eigenvalue weighted by Gasteiger charge is 2.42. The Bertz CT molecular complexity index is 377. The van der Waals surface area contributed by atoms with Gasteiger partial charge < -0.3 is 10.5 Å². The fourth-order valence-corrected chi connectivity index (χ4v) is 1.77. The van der Waals surface area contributed by atoms with Crippen LogP contribution in [-0.4, -0.2) is 13.2 Å². The highest BCUT2D eigenvalue weighted by molar-refractivity contribution is 5.24. The number of hydrogen-bond acceptors (Lipinski definition) is 2. The first-order chi connectivity index (χ1) is 7.65. The molecule has 1 aromatic rings. The second kappa shape index (κ2) is 4.37. The third kappa shape index (κ3) is 2.50. The van der Waals surface area contributed by atoms with Gasteiger partial charge in [0, 0.05) is 11.5 Å². The lowest BCUT2D eigenvalue weighted by Crippen LogP contribution is -2.17. The van der Waals surface area contributed by atoms with Crippen molar-refractivity contribution in [3.8, 4) is 5.75 Å². The molecule has 0 unspecified atom stereocenters. The minimum absolute atomic E-state index is 0.115. The molecule has 0 heterocycles. The second-order valence-electron chi connectivity index (χ2n) is 4.40. The zero-order valence-electron chi connectivity index (χ0n) is 9.01. The largest absolute Gasteiger partial charge is 0.490 e. The van der Waals surface area contributed by atoms with Crippen LogP contribution in [0.4, 0.5) is 8.78 Å². The summed E-state index contributed by atoms with van der Waals surface area (Å²) in [7, 11) is 0. The quantitative estimate of drug-likeness (QED) is 0.838. The molecule has 0 aliphatic heterocycles. The summed E-state index contributed by atoms with van der Waals surface area (Å²) in [5.74, 6) is -1.12. The summed E-state index contributed by atoms with van der Waals surface area (Å²) in [6.07, 6.45) is 3.05. The maximum Gasteiger partial charge on any atom is 0.167 e. The molecule has 0 spiro atoms.